The molecule has 3 amide bonds. The van der Waals surface area contributed by atoms with Crippen LogP contribution in [0.4, 0.5) is 0 Å². The SMILES string of the molecule is CN1CCN(C(=O)CC2(c3ccccc3)CC(=O)N(Cc3ccncc3)C2=O)CC1c1ccccc1. The van der Waals surface area contributed by atoms with Crippen molar-refractivity contribution < 1.29 is 14.4 Å². The molecule has 2 aromatic carbocycles. The van der Waals surface area contributed by atoms with E-state index in [1.165, 1.54) is 4.90 Å². The average molecular weight is 483 g/mol. The Balaban J connectivity index is 1.41. The van der Waals surface area contributed by atoms with Crippen molar-refractivity contribution in [3.8, 4) is 0 Å². The molecule has 3 heterocycles. The van der Waals surface area contributed by atoms with E-state index in [1.807, 2.05) is 53.4 Å². The van der Waals surface area contributed by atoms with Gasteiger partial charge in [-0.15, -0.1) is 0 Å². The first-order valence-electron chi connectivity index (χ1n) is 12.3. The summed E-state index contributed by atoms with van der Waals surface area (Å²) >= 11 is 0. The van der Waals surface area contributed by atoms with Crippen LogP contribution in [0.3, 0.4) is 0 Å². The Morgan fingerprint density at radius 3 is 2.31 bits per heavy atom. The van der Waals surface area contributed by atoms with E-state index >= 15 is 0 Å². The number of pyridine rings is 1. The molecule has 1 aromatic heterocycles. The lowest BCUT2D eigenvalue weighted by Gasteiger charge is -2.41. The van der Waals surface area contributed by atoms with E-state index in [0.717, 1.165) is 17.7 Å². The zero-order valence-corrected chi connectivity index (χ0v) is 20.4. The van der Waals surface area contributed by atoms with E-state index in [2.05, 4.69) is 29.1 Å². The smallest absolute Gasteiger partial charge is 0.241 e. The molecule has 0 bridgehead atoms. The maximum absolute atomic E-state index is 13.9. The van der Waals surface area contributed by atoms with Crippen molar-refractivity contribution in [2.45, 2.75) is 30.8 Å². The number of hydrogen-bond acceptors (Lipinski definition) is 5. The lowest BCUT2D eigenvalue weighted by atomic mass is 9.75. The number of nitrogens with zero attached hydrogens (tertiary/aromatic N) is 4. The van der Waals surface area contributed by atoms with Gasteiger partial charge in [0.15, 0.2) is 0 Å². The van der Waals surface area contributed by atoms with Crippen LogP contribution in [-0.2, 0) is 26.3 Å². The first-order valence-corrected chi connectivity index (χ1v) is 12.3. The van der Waals surface area contributed by atoms with Crippen molar-refractivity contribution in [2.75, 3.05) is 26.7 Å². The second-order valence-corrected chi connectivity index (χ2v) is 9.69. The van der Waals surface area contributed by atoms with Gasteiger partial charge >= 0.3 is 0 Å². The predicted molar refractivity (Wildman–Crippen MR) is 136 cm³/mol. The van der Waals surface area contributed by atoms with E-state index in [4.69, 9.17) is 0 Å². The summed E-state index contributed by atoms with van der Waals surface area (Å²) in [6.07, 6.45) is 3.25. The van der Waals surface area contributed by atoms with Crippen molar-refractivity contribution in [2.24, 2.45) is 0 Å². The molecule has 2 fully saturated rings. The Kier molecular flexibility index (Phi) is 6.65. The molecule has 2 aliphatic heterocycles. The van der Waals surface area contributed by atoms with Crippen molar-refractivity contribution in [3.05, 3.63) is 102 Å². The van der Waals surface area contributed by atoms with Gasteiger partial charge in [-0.05, 0) is 35.9 Å². The first kappa shape index (κ1) is 23.9. The minimum absolute atomic E-state index is 0.0114. The van der Waals surface area contributed by atoms with Gasteiger partial charge in [-0.3, -0.25) is 29.2 Å². The minimum Gasteiger partial charge on any atom is -0.339 e. The molecule has 7 heteroatoms. The second-order valence-electron chi connectivity index (χ2n) is 9.69. The zero-order valence-electron chi connectivity index (χ0n) is 20.4. The monoisotopic (exact) mass is 482 g/mol. The largest absolute Gasteiger partial charge is 0.339 e. The molecular weight excluding hydrogens is 452 g/mol. The van der Waals surface area contributed by atoms with Crippen LogP contribution in [0.2, 0.25) is 0 Å². The van der Waals surface area contributed by atoms with E-state index in [9.17, 15) is 14.4 Å². The summed E-state index contributed by atoms with van der Waals surface area (Å²) in [5.74, 6) is -0.661. The van der Waals surface area contributed by atoms with Crippen LogP contribution in [0.1, 0.15) is 35.6 Å². The molecule has 2 aliphatic rings. The number of carbonyl (C=O) groups is 3. The number of amides is 3. The topological polar surface area (TPSA) is 73.8 Å². The summed E-state index contributed by atoms with van der Waals surface area (Å²) in [6, 6.07) is 23.1. The highest BCUT2D eigenvalue weighted by Gasteiger charge is 2.54. The highest BCUT2D eigenvalue weighted by atomic mass is 16.2. The number of likely N-dealkylation sites (tertiary alicyclic amines) is 1. The van der Waals surface area contributed by atoms with Crippen LogP contribution in [0.15, 0.2) is 85.2 Å². The fourth-order valence-corrected chi connectivity index (χ4v) is 5.36. The van der Waals surface area contributed by atoms with Gasteiger partial charge in [-0.25, -0.2) is 0 Å². The lowest BCUT2D eigenvalue weighted by molar-refractivity contribution is -0.144. The molecule has 36 heavy (non-hydrogen) atoms. The second kappa shape index (κ2) is 10.0. The van der Waals surface area contributed by atoms with Crippen molar-refractivity contribution in [1.29, 1.82) is 0 Å². The summed E-state index contributed by atoms with van der Waals surface area (Å²) in [5.41, 5.74) is 1.49. The summed E-state index contributed by atoms with van der Waals surface area (Å²) < 4.78 is 0. The fourth-order valence-electron chi connectivity index (χ4n) is 5.36. The van der Waals surface area contributed by atoms with E-state index in [1.54, 1.807) is 24.5 Å². The molecule has 0 spiro atoms. The molecule has 3 aromatic rings. The van der Waals surface area contributed by atoms with Crippen molar-refractivity contribution in [3.63, 3.8) is 0 Å². The lowest BCUT2D eigenvalue weighted by Crippen LogP contribution is -2.51. The Hall–Kier alpha value is -3.84. The fraction of sp³-hybridized carbons (Fsp3) is 0.310. The number of rotatable bonds is 6. The van der Waals surface area contributed by atoms with Crippen LogP contribution in [0, 0.1) is 0 Å². The normalized spacial score (nSPS) is 22.8. The van der Waals surface area contributed by atoms with E-state index in [0.29, 0.717) is 18.7 Å². The van der Waals surface area contributed by atoms with Crippen LogP contribution < -0.4 is 0 Å². The van der Waals surface area contributed by atoms with Gasteiger partial charge in [0.1, 0.15) is 0 Å². The Morgan fingerprint density at radius 1 is 0.944 bits per heavy atom. The summed E-state index contributed by atoms with van der Waals surface area (Å²) in [5, 5.41) is 0. The molecule has 0 aliphatic carbocycles. The predicted octanol–water partition coefficient (Wildman–Crippen LogP) is 3.18. The molecule has 2 unspecified atom stereocenters. The van der Waals surface area contributed by atoms with E-state index < -0.39 is 5.41 Å². The number of benzene rings is 2. The minimum atomic E-state index is -1.20. The summed E-state index contributed by atoms with van der Waals surface area (Å²) in [4.78, 5) is 50.3. The highest BCUT2D eigenvalue weighted by Crippen LogP contribution is 2.41. The summed E-state index contributed by atoms with van der Waals surface area (Å²) in [7, 11) is 2.07. The van der Waals surface area contributed by atoms with Crippen molar-refractivity contribution >= 4 is 17.7 Å². The number of imide groups is 1. The first-order chi connectivity index (χ1) is 17.5. The maximum Gasteiger partial charge on any atom is 0.241 e. The third-order valence-electron chi connectivity index (χ3n) is 7.46. The van der Waals surface area contributed by atoms with Gasteiger partial charge in [-0.1, -0.05) is 60.7 Å². The van der Waals surface area contributed by atoms with Gasteiger partial charge in [0.2, 0.25) is 17.7 Å². The van der Waals surface area contributed by atoms with Gasteiger partial charge in [-0.2, -0.15) is 0 Å². The van der Waals surface area contributed by atoms with Crippen LogP contribution in [0.25, 0.3) is 0 Å². The maximum atomic E-state index is 13.9. The zero-order chi connectivity index (χ0) is 25.1. The van der Waals surface area contributed by atoms with Gasteiger partial charge in [0, 0.05) is 44.9 Å². The van der Waals surface area contributed by atoms with Crippen LogP contribution >= 0.6 is 0 Å². The molecule has 0 radical (unpaired) electrons. The molecule has 184 valence electrons. The Labute approximate surface area is 211 Å². The molecule has 0 saturated carbocycles. The number of aromatic nitrogens is 1. The molecule has 5 rings (SSSR count). The standard InChI is InChI=1S/C29H30N4O3/c1-31-16-17-32(21-25(31)23-8-4-2-5-9-23)26(34)18-29(24-10-6-3-7-11-24)19-27(35)33(28(29)36)20-22-12-14-30-15-13-22/h2-15,25H,16-21H2,1H3. The number of piperazine rings is 1. The van der Waals surface area contributed by atoms with Crippen LogP contribution in [-0.4, -0.2) is 64.1 Å². The molecule has 0 N–H and O–H groups in total. The summed E-state index contributed by atoms with van der Waals surface area (Å²) in [6.45, 7) is 2.05. The number of hydrogen-bond donors (Lipinski definition) is 0. The number of carbonyl (C=O) groups excluding carboxylic acids is 3. The molecule has 7 nitrogen and oxygen atoms in total. The van der Waals surface area contributed by atoms with Crippen LogP contribution in [0.5, 0.6) is 0 Å². The third-order valence-corrected chi connectivity index (χ3v) is 7.46. The molecular formula is C29H30N4O3. The van der Waals surface area contributed by atoms with Gasteiger partial charge in [0.05, 0.1) is 18.0 Å². The Bertz CT molecular complexity index is 1240. The van der Waals surface area contributed by atoms with E-state index in [-0.39, 0.29) is 43.1 Å². The number of likely N-dealkylation sites (N-methyl/N-ethyl adjacent to an activating group) is 1. The molecule has 2 saturated heterocycles. The average Bonchev–Trinajstić information content (AvgIpc) is 3.15. The van der Waals surface area contributed by atoms with Gasteiger partial charge < -0.3 is 4.90 Å². The third kappa shape index (κ3) is 4.54. The van der Waals surface area contributed by atoms with Crippen molar-refractivity contribution in [1.82, 2.24) is 19.7 Å². The Morgan fingerprint density at radius 2 is 1.61 bits per heavy atom. The highest BCUT2D eigenvalue weighted by molar-refractivity contribution is 6.10. The quantitative estimate of drug-likeness (QED) is 0.505. The van der Waals surface area contributed by atoms with Gasteiger partial charge in [0.25, 0.3) is 0 Å². The molecule has 2 atom stereocenters.